The smallest absolute Gasteiger partial charge is 0.335 e. The SMILES string of the molecule is CS(=O)(=O)OC(c1ccc(C(=O)O)cc1)(c1c[nH]c2ccccc12)c1c[nH]c2ccccc12. The van der Waals surface area contributed by atoms with Crippen LogP contribution in [0.15, 0.2) is 85.2 Å². The standard InChI is InChI=1S/C25H20N2O5S/c1-33(30,31)32-25(17-12-10-16(11-13-17)24(28)29,20-14-26-22-8-4-2-6-18(20)22)21-15-27-23-9-5-3-7-19(21)23/h2-15,26-27H,1H3,(H,28,29). The molecule has 0 fully saturated rings. The number of aromatic carboxylic acids is 1. The maximum Gasteiger partial charge on any atom is 0.335 e. The van der Waals surface area contributed by atoms with E-state index in [4.69, 9.17) is 4.18 Å². The first-order valence-electron chi connectivity index (χ1n) is 10.2. The molecule has 0 radical (unpaired) electrons. The third-order valence-electron chi connectivity index (χ3n) is 5.75. The number of aromatic nitrogens is 2. The minimum absolute atomic E-state index is 0.0878. The molecule has 3 aromatic carbocycles. The van der Waals surface area contributed by atoms with Crippen molar-refractivity contribution in [1.82, 2.24) is 9.97 Å². The van der Waals surface area contributed by atoms with Crippen molar-refractivity contribution >= 4 is 37.9 Å². The van der Waals surface area contributed by atoms with Gasteiger partial charge in [-0.1, -0.05) is 48.5 Å². The molecule has 0 spiro atoms. The Morgan fingerprint density at radius 1 is 0.818 bits per heavy atom. The van der Waals surface area contributed by atoms with Gasteiger partial charge in [-0.05, 0) is 29.8 Å². The summed E-state index contributed by atoms with van der Waals surface area (Å²) in [5.41, 5.74) is 1.81. The third-order valence-corrected chi connectivity index (χ3v) is 6.30. The average Bonchev–Trinajstić information content (AvgIpc) is 3.42. The first-order chi connectivity index (χ1) is 15.8. The number of benzene rings is 3. The molecule has 0 unspecified atom stereocenters. The fourth-order valence-corrected chi connectivity index (χ4v) is 5.12. The number of carboxylic acids is 1. The van der Waals surface area contributed by atoms with E-state index in [1.807, 2.05) is 48.5 Å². The summed E-state index contributed by atoms with van der Waals surface area (Å²) in [6.07, 6.45) is 4.49. The molecule has 0 bridgehead atoms. The second kappa shape index (κ2) is 7.61. The molecular formula is C25H20N2O5S. The Balaban J connectivity index is 1.93. The van der Waals surface area contributed by atoms with Crippen LogP contribution in [0.3, 0.4) is 0 Å². The number of H-pyrrole nitrogens is 2. The minimum Gasteiger partial charge on any atom is -0.478 e. The van der Waals surface area contributed by atoms with Gasteiger partial charge in [0.05, 0.1) is 11.8 Å². The molecule has 5 rings (SSSR count). The Kier molecular flexibility index (Phi) is 4.84. The Hall–Kier alpha value is -3.88. The van der Waals surface area contributed by atoms with Gasteiger partial charge in [0, 0.05) is 45.3 Å². The number of carboxylic acid groups (broad SMARTS) is 1. The number of fused-ring (bicyclic) bond motifs is 2. The van der Waals surface area contributed by atoms with Crippen molar-refractivity contribution in [3.63, 3.8) is 0 Å². The van der Waals surface area contributed by atoms with E-state index in [-0.39, 0.29) is 5.56 Å². The van der Waals surface area contributed by atoms with Crippen molar-refractivity contribution in [2.24, 2.45) is 0 Å². The number of aromatic amines is 2. The summed E-state index contributed by atoms with van der Waals surface area (Å²) >= 11 is 0. The van der Waals surface area contributed by atoms with Crippen LogP contribution in [-0.4, -0.2) is 35.7 Å². The molecule has 33 heavy (non-hydrogen) atoms. The molecule has 0 saturated carbocycles. The zero-order chi connectivity index (χ0) is 23.2. The minimum atomic E-state index is -3.99. The summed E-state index contributed by atoms with van der Waals surface area (Å²) in [5.74, 6) is -1.07. The van der Waals surface area contributed by atoms with Gasteiger partial charge in [0.25, 0.3) is 10.1 Å². The lowest BCUT2D eigenvalue weighted by molar-refractivity contribution is 0.0696. The molecule has 0 aliphatic heterocycles. The van der Waals surface area contributed by atoms with Crippen LogP contribution in [0.2, 0.25) is 0 Å². The van der Waals surface area contributed by atoms with E-state index in [0.29, 0.717) is 16.7 Å². The van der Waals surface area contributed by atoms with Crippen LogP contribution in [-0.2, 0) is 19.9 Å². The van der Waals surface area contributed by atoms with Crippen molar-refractivity contribution in [3.8, 4) is 0 Å². The van der Waals surface area contributed by atoms with E-state index in [2.05, 4.69) is 9.97 Å². The molecule has 0 aliphatic rings. The van der Waals surface area contributed by atoms with Gasteiger partial charge in [-0.3, -0.25) is 0 Å². The summed E-state index contributed by atoms with van der Waals surface area (Å²) in [6, 6.07) is 21.2. The topological polar surface area (TPSA) is 112 Å². The number of rotatable bonds is 6. The van der Waals surface area contributed by atoms with Crippen LogP contribution in [0.25, 0.3) is 21.8 Å². The number of nitrogens with one attached hydrogen (secondary N) is 2. The van der Waals surface area contributed by atoms with E-state index >= 15 is 0 Å². The van der Waals surface area contributed by atoms with E-state index in [1.54, 1.807) is 24.5 Å². The molecule has 5 aromatic rings. The average molecular weight is 461 g/mol. The lowest BCUT2D eigenvalue weighted by Crippen LogP contribution is -2.34. The summed E-state index contributed by atoms with van der Waals surface area (Å²) in [6.45, 7) is 0. The second-order valence-electron chi connectivity index (χ2n) is 7.85. The van der Waals surface area contributed by atoms with Crippen LogP contribution < -0.4 is 0 Å². The zero-order valence-corrected chi connectivity index (χ0v) is 18.4. The number of hydrogen-bond donors (Lipinski definition) is 3. The summed E-state index contributed by atoms with van der Waals surface area (Å²) in [5, 5.41) is 11.0. The highest BCUT2D eigenvalue weighted by atomic mass is 32.2. The van der Waals surface area contributed by atoms with Gasteiger partial charge in [-0.2, -0.15) is 8.42 Å². The van der Waals surface area contributed by atoms with Gasteiger partial charge < -0.3 is 15.1 Å². The Morgan fingerprint density at radius 2 is 1.30 bits per heavy atom. The predicted octanol–water partition coefficient (Wildman–Crippen LogP) is 4.62. The molecule has 3 N–H and O–H groups in total. The van der Waals surface area contributed by atoms with Crippen molar-refractivity contribution in [3.05, 3.63) is 107 Å². The van der Waals surface area contributed by atoms with Crippen LogP contribution in [0.5, 0.6) is 0 Å². The van der Waals surface area contributed by atoms with Gasteiger partial charge in [-0.15, -0.1) is 0 Å². The van der Waals surface area contributed by atoms with E-state index in [0.717, 1.165) is 28.1 Å². The summed E-state index contributed by atoms with van der Waals surface area (Å²) in [7, 11) is -3.99. The maximum absolute atomic E-state index is 12.7. The molecule has 0 atom stereocenters. The van der Waals surface area contributed by atoms with Crippen molar-refractivity contribution in [2.45, 2.75) is 5.60 Å². The highest BCUT2D eigenvalue weighted by molar-refractivity contribution is 7.86. The molecule has 0 amide bonds. The molecule has 2 aromatic heterocycles. The molecule has 0 saturated heterocycles. The van der Waals surface area contributed by atoms with Gasteiger partial charge in [0.2, 0.25) is 0 Å². The van der Waals surface area contributed by atoms with Crippen LogP contribution in [0.1, 0.15) is 27.0 Å². The number of hydrogen-bond acceptors (Lipinski definition) is 4. The van der Waals surface area contributed by atoms with Gasteiger partial charge >= 0.3 is 5.97 Å². The molecule has 7 nitrogen and oxygen atoms in total. The lowest BCUT2D eigenvalue weighted by atomic mass is 9.80. The Bertz CT molecular complexity index is 1520. The first kappa shape index (κ1) is 21.0. The summed E-state index contributed by atoms with van der Waals surface area (Å²) < 4.78 is 31.4. The molecule has 2 heterocycles. The van der Waals surface area contributed by atoms with Gasteiger partial charge in [0.15, 0.2) is 5.60 Å². The van der Waals surface area contributed by atoms with E-state index < -0.39 is 21.7 Å². The van der Waals surface area contributed by atoms with Gasteiger partial charge in [-0.25, -0.2) is 8.98 Å². The highest BCUT2D eigenvalue weighted by Gasteiger charge is 2.44. The Labute approximate surface area is 189 Å². The Morgan fingerprint density at radius 3 is 1.76 bits per heavy atom. The quantitative estimate of drug-likeness (QED) is 0.320. The van der Waals surface area contributed by atoms with Crippen LogP contribution >= 0.6 is 0 Å². The lowest BCUT2D eigenvalue weighted by Gasteiger charge is -2.33. The molecule has 0 aliphatic carbocycles. The number of carbonyl (C=O) groups is 1. The van der Waals surface area contributed by atoms with Gasteiger partial charge in [0.1, 0.15) is 0 Å². The maximum atomic E-state index is 12.7. The largest absolute Gasteiger partial charge is 0.478 e. The van der Waals surface area contributed by atoms with Crippen LogP contribution in [0.4, 0.5) is 0 Å². The third kappa shape index (κ3) is 3.49. The molecule has 8 heteroatoms. The van der Waals surface area contributed by atoms with Crippen LogP contribution in [0, 0.1) is 0 Å². The fraction of sp³-hybridized carbons (Fsp3) is 0.0800. The van der Waals surface area contributed by atoms with E-state index in [1.165, 1.54) is 12.1 Å². The zero-order valence-electron chi connectivity index (χ0n) is 17.6. The summed E-state index contributed by atoms with van der Waals surface area (Å²) in [4.78, 5) is 17.9. The second-order valence-corrected chi connectivity index (χ2v) is 9.42. The predicted molar refractivity (Wildman–Crippen MR) is 126 cm³/mol. The molecule has 166 valence electrons. The molecular weight excluding hydrogens is 440 g/mol. The van der Waals surface area contributed by atoms with Crippen molar-refractivity contribution < 1.29 is 22.5 Å². The number of para-hydroxylation sites is 2. The fourth-order valence-electron chi connectivity index (χ4n) is 4.39. The normalized spacial score (nSPS) is 12.4. The van der Waals surface area contributed by atoms with Crippen molar-refractivity contribution in [2.75, 3.05) is 6.26 Å². The first-order valence-corrected chi connectivity index (χ1v) is 12.0. The van der Waals surface area contributed by atoms with Crippen molar-refractivity contribution in [1.29, 1.82) is 0 Å². The monoisotopic (exact) mass is 460 g/mol. The highest BCUT2D eigenvalue weighted by Crippen LogP contribution is 2.46. The van der Waals surface area contributed by atoms with E-state index in [9.17, 15) is 18.3 Å².